The van der Waals surface area contributed by atoms with Crippen LogP contribution in [0.2, 0.25) is 0 Å². The van der Waals surface area contributed by atoms with Gasteiger partial charge < -0.3 is 9.88 Å². The number of nitrogens with zero attached hydrogens (tertiary/aromatic N) is 4. The molecule has 6 heteroatoms. The molecule has 1 atom stereocenters. The number of carbonyl (C=O) groups is 1. The fraction of sp³-hybridized carbons (Fsp3) is 0.450. The molecule has 2 aliphatic rings. The maximum absolute atomic E-state index is 13.3. The van der Waals surface area contributed by atoms with E-state index in [0.29, 0.717) is 6.54 Å². The Bertz CT molecular complexity index is 943. The summed E-state index contributed by atoms with van der Waals surface area (Å²) in [4.78, 5) is 18.8. The molecular formula is C20H23N5O. The van der Waals surface area contributed by atoms with Gasteiger partial charge in [-0.3, -0.25) is 4.79 Å². The van der Waals surface area contributed by atoms with E-state index in [0.717, 1.165) is 43.3 Å². The van der Waals surface area contributed by atoms with E-state index >= 15 is 0 Å². The summed E-state index contributed by atoms with van der Waals surface area (Å²) in [5, 5.41) is 9.26. The first-order valence-corrected chi connectivity index (χ1v) is 9.59. The molecule has 0 spiro atoms. The molecule has 6 nitrogen and oxygen atoms in total. The Labute approximate surface area is 152 Å². The molecule has 0 radical (unpaired) electrons. The van der Waals surface area contributed by atoms with Gasteiger partial charge in [-0.05, 0) is 50.2 Å². The number of aromatic amines is 1. The number of amides is 1. The molecule has 2 aromatic heterocycles. The Kier molecular flexibility index (Phi) is 3.76. The van der Waals surface area contributed by atoms with Gasteiger partial charge in [-0.2, -0.15) is 0 Å². The van der Waals surface area contributed by atoms with Crippen LogP contribution < -0.4 is 0 Å². The molecule has 1 aromatic carbocycles. The summed E-state index contributed by atoms with van der Waals surface area (Å²) < 4.78 is 1.88. The third kappa shape index (κ3) is 2.52. The minimum absolute atomic E-state index is 0.124. The maximum Gasteiger partial charge on any atom is 0.256 e. The number of aryl methyl sites for hydroxylation is 2. The van der Waals surface area contributed by atoms with Gasteiger partial charge in [0.2, 0.25) is 0 Å². The van der Waals surface area contributed by atoms with Crippen molar-refractivity contribution in [3.05, 3.63) is 47.4 Å². The van der Waals surface area contributed by atoms with Crippen molar-refractivity contribution in [2.75, 3.05) is 13.1 Å². The van der Waals surface area contributed by atoms with Crippen LogP contribution >= 0.6 is 0 Å². The molecule has 1 aliphatic carbocycles. The van der Waals surface area contributed by atoms with Crippen molar-refractivity contribution in [3.63, 3.8) is 0 Å². The molecule has 0 bridgehead atoms. The van der Waals surface area contributed by atoms with Crippen molar-refractivity contribution in [1.29, 1.82) is 0 Å². The van der Waals surface area contributed by atoms with Crippen LogP contribution in [0.4, 0.5) is 0 Å². The van der Waals surface area contributed by atoms with Crippen molar-refractivity contribution in [1.82, 2.24) is 24.9 Å². The highest BCUT2D eigenvalue weighted by molar-refractivity contribution is 6.06. The van der Waals surface area contributed by atoms with Gasteiger partial charge >= 0.3 is 0 Å². The minimum Gasteiger partial charge on any atom is -0.358 e. The van der Waals surface area contributed by atoms with E-state index < -0.39 is 0 Å². The van der Waals surface area contributed by atoms with Crippen molar-refractivity contribution >= 4 is 16.8 Å². The number of carbonyl (C=O) groups excluding carboxylic acids is 1. The number of hydrogen-bond donors (Lipinski definition) is 1. The third-order valence-corrected chi connectivity index (χ3v) is 5.86. The van der Waals surface area contributed by atoms with Crippen LogP contribution in [0.25, 0.3) is 10.9 Å². The average molecular weight is 349 g/mol. The lowest BCUT2D eigenvalue weighted by atomic mass is 9.95. The number of nitrogens with one attached hydrogen (secondary N) is 1. The van der Waals surface area contributed by atoms with E-state index in [1.165, 1.54) is 29.5 Å². The summed E-state index contributed by atoms with van der Waals surface area (Å²) in [6, 6.07) is 6.36. The lowest BCUT2D eigenvalue weighted by Gasteiger charge is -2.32. The van der Waals surface area contributed by atoms with Gasteiger partial charge in [-0.15, -0.1) is 5.10 Å². The van der Waals surface area contributed by atoms with Crippen molar-refractivity contribution in [2.45, 2.75) is 44.6 Å². The SMILES string of the molecule is O=C(c1cccc2c3c([nH]c12)CCCC3)N1CCCC(n2ccnn2)C1. The Balaban J connectivity index is 1.47. The second-order valence-electron chi connectivity index (χ2n) is 7.45. The van der Waals surface area contributed by atoms with Gasteiger partial charge in [0.05, 0.1) is 23.3 Å². The Hall–Kier alpha value is -2.63. The standard InChI is InChI=1S/C20H23N5O/c26-20(24-11-4-5-14(13-24)25-12-10-21-23-25)17-8-3-7-16-15-6-1-2-9-18(15)22-19(16)17/h3,7-8,10,12,14,22H,1-2,4-6,9,11,13H2. The molecule has 26 heavy (non-hydrogen) atoms. The highest BCUT2D eigenvalue weighted by atomic mass is 16.2. The van der Waals surface area contributed by atoms with E-state index in [1.807, 2.05) is 27.9 Å². The number of piperidine rings is 1. The largest absolute Gasteiger partial charge is 0.358 e. The number of fused-ring (bicyclic) bond motifs is 3. The second-order valence-corrected chi connectivity index (χ2v) is 7.45. The van der Waals surface area contributed by atoms with Crippen molar-refractivity contribution in [2.24, 2.45) is 0 Å². The summed E-state index contributed by atoms with van der Waals surface area (Å²) in [5.74, 6) is 0.124. The van der Waals surface area contributed by atoms with E-state index in [4.69, 9.17) is 0 Å². The monoisotopic (exact) mass is 349 g/mol. The molecule has 1 amide bonds. The van der Waals surface area contributed by atoms with Crippen LogP contribution in [-0.2, 0) is 12.8 Å². The zero-order chi connectivity index (χ0) is 17.5. The zero-order valence-corrected chi connectivity index (χ0v) is 14.8. The third-order valence-electron chi connectivity index (χ3n) is 5.86. The molecule has 3 aromatic rings. The highest BCUT2D eigenvalue weighted by Crippen LogP contribution is 2.32. The van der Waals surface area contributed by atoms with Crippen molar-refractivity contribution in [3.8, 4) is 0 Å². The number of para-hydroxylation sites is 1. The summed E-state index contributed by atoms with van der Waals surface area (Å²) in [6.45, 7) is 1.50. The molecule has 1 unspecified atom stereocenters. The summed E-state index contributed by atoms with van der Waals surface area (Å²) >= 11 is 0. The molecule has 0 saturated carbocycles. The van der Waals surface area contributed by atoms with Crippen LogP contribution in [0.5, 0.6) is 0 Å². The topological polar surface area (TPSA) is 66.8 Å². The normalized spacial score (nSPS) is 20.3. The van der Waals surface area contributed by atoms with Gasteiger partial charge in [0.1, 0.15) is 0 Å². The van der Waals surface area contributed by atoms with Gasteiger partial charge in [0.15, 0.2) is 0 Å². The van der Waals surface area contributed by atoms with Crippen LogP contribution in [0, 0.1) is 0 Å². The second kappa shape index (κ2) is 6.27. The molecule has 1 N–H and O–H groups in total. The molecule has 1 fully saturated rings. The van der Waals surface area contributed by atoms with E-state index in [-0.39, 0.29) is 11.9 Å². The summed E-state index contributed by atoms with van der Waals surface area (Å²) in [5.41, 5.74) is 4.56. The molecule has 1 saturated heterocycles. The predicted molar refractivity (Wildman–Crippen MR) is 99.1 cm³/mol. The van der Waals surface area contributed by atoms with Crippen molar-refractivity contribution < 1.29 is 4.79 Å². The molecule has 5 rings (SSSR count). The Morgan fingerprint density at radius 2 is 2.12 bits per heavy atom. The van der Waals surface area contributed by atoms with Crippen LogP contribution in [0.15, 0.2) is 30.6 Å². The van der Waals surface area contributed by atoms with E-state index in [9.17, 15) is 4.79 Å². The highest BCUT2D eigenvalue weighted by Gasteiger charge is 2.28. The predicted octanol–water partition coefficient (Wildman–Crippen LogP) is 3.12. The zero-order valence-electron chi connectivity index (χ0n) is 14.8. The van der Waals surface area contributed by atoms with Gasteiger partial charge in [0, 0.05) is 30.4 Å². The summed E-state index contributed by atoms with van der Waals surface area (Å²) in [6.07, 6.45) is 10.3. The average Bonchev–Trinajstić information content (AvgIpc) is 3.35. The lowest BCUT2D eigenvalue weighted by Crippen LogP contribution is -2.41. The number of rotatable bonds is 2. The van der Waals surface area contributed by atoms with E-state index in [2.05, 4.69) is 21.4 Å². The first-order chi connectivity index (χ1) is 12.8. The molecule has 1 aliphatic heterocycles. The number of H-pyrrole nitrogens is 1. The van der Waals surface area contributed by atoms with Gasteiger partial charge in [-0.25, -0.2) is 4.68 Å². The van der Waals surface area contributed by atoms with Crippen LogP contribution in [0.1, 0.15) is 53.3 Å². The smallest absolute Gasteiger partial charge is 0.256 e. The molecule has 134 valence electrons. The van der Waals surface area contributed by atoms with E-state index in [1.54, 1.807) is 6.20 Å². The van der Waals surface area contributed by atoms with Gasteiger partial charge in [-0.1, -0.05) is 17.3 Å². The van der Waals surface area contributed by atoms with Crippen LogP contribution in [0.3, 0.4) is 0 Å². The number of likely N-dealkylation sites (tertiary alicyclic amines) is 1. The number of hydrogen-bond acceptors (Lipinski definition) is 3. The fourth-order valence-electron chi connectivity index (χ4n) is 4.55. The van der Waals surface area contributed by atoms with Crippen LogP contribution in [-0.4, -0.2) is 43.9 Å². The lowest BCUT2D eigenvalue weighted by molar-refractivity contribution is 0.0673. The quantitative estimate of drug-likeness (QED) is 0.773. The number of benzene rings is 1. The molecular weight excluding hydrogens is 326 g/mol. The molecule has 3 heterocycles. The fourth-order valence-corrected chi connectivity index (χ4v) is 4.55. The number of aromatic nitrogens is 4. The minimum atomic E-state index is 0.124. The summed E-state index contributed by atoms with van der Waals surface area (Å²) in [7, 11) is 0. The van der Waals surface area contributed by atoms with Gasteiger partial charge in [0.25, 0.3) is 5.91 Å². The Morgan fingerprint density at radius 3 is 3.00 bits per heavy atom. The Morgan fingerprint density at radius 1 is 1.19 bits per heavy atom. The first-order valence-electron chi connectivity index (χ1n) is 9.59. The first kappa shape index (κ1) is 15.6. The maximum atomic E-state index is 13.3.